The predicted molar refractivity (Wildman–Crippen MR) is 87.8 cm³/mol. The van der Waals surface area contributed by atoms with E-state index in [0.717, 1.165) is 41.6 Å². The van der Waals surface area contributed by atoms with Gasteiger partial charge in [0.05, 0.1) is 10.6 Å². The number of nitrogens with one attached hydrogen (secondary N) is 1. The molecule has 0 bridgehead atoms. The maximum Gasteiger partial charge on any atom is 0.233 e. The number of nitrogen functional groups attached to an aromatic ring is 1. The first-order valence-electron chi connectivity index (χ1n) is 7.04. The van der Waals surface area contributed by atoms with Gasteiger partial charge in [0, 0.05) is 11.4 Å². The number of amides is 1. The lowest BCUT2D eigenvalue weighted by atomic mass is 10.2. The molecule has 1 aliphatic heterocycles. The van der Waals surface area contributed by atoms with Crippen molar-refractivity contribution in [1.29, 1.82) is 0 Å². The van der Waals surface area contributed by atoms with Gasteiger partial charge in [-0.15, -0.1) is 11.3 Å². The fourth-order valence-corrected chi connectivity index (χ4v) is 4.58. The molecular formula is C14H18N4OS2. The van der Waals surface area contributed by atoms with Crippen LogP contribution in [0.15, 0.2) is 5.16 Å². The van der Waals surface area contributed by atoms with Crippen LogP contribution in [0, 0.1) is 13.8 Å². The molecule has 1 fully saturated rings. The fraction of sp³-hybridized carbons (Fsp3) is 0.500. The highest BCUT2D eigenvalue weighted by Gasteiger charge is 2.24. The zero-order valence-corrected chi connectivity index (χ0v) is 13.7. The Bertz CT molecular complexity index is 698. The molecule has 0 saturated carbocycles. The highest BCUT2D eigenvalue weighted by Crippen LogP contribution is 2.34. The summed E-state index contributed by atoms with van der Waals surface area (Å²) in [4.78, 5) is 23.1. The summed E-state index contributed by atoms with van der Waals surface area (Å²) in [6, 6.07) is 0. The van der Waals surface area contributed by atoms with Crippen LogP contribution in [0.1, 0.15) is 29.7 Å². The average Bonchev–Trinajstić information content (AvgIpc) is 2.59. The summed E-state index contributed by atoms with van der Waals surface area (Å²) in [6.07, 6.45) is 2.94. The third kappa shape index (κ3) is 2.85. The molecule has 1 aliphatic rings. The van der Waals surface area contributed by atoms with E-state index >= 15 is 0 Å². The second kappa shape index (κ2) is 5.81. The van der Waals surface area contributed by atoms with E-state index in [4.69, 9.17) is 5.73 Å². The van der Waals surface area contributed by atoms with Gasteiger partial charge in [0.1, 0.15) is 10.6 Å². The van der Waals surface area contributed by atoms with Crippen LogP contribution in [-0.2, 0) is 4.79 Å². The molecule has 2 aromatic rings. The average molecular weight is 322 g/mol. The first kappa shape index (κ1) is 14.6. The normalized spacial score (nSPS) is 19.5. The maximum absolute atomic E-state index is 12.0. The van der Waals surface area contributed by atoms with Crippen LogP contribution in [0.3, 0.4) is 0 Å². The molecule has 1 unspecified atom stereocenters. The number of anilines is 1. The Morgan fingerprint density at radius 3 is 2.95 bits per heavy atom. The van der Waals surface area contributed by atoms with Gasteiger partial charge in [-0.05, 0) is 32.3 Å². The lowest BCUT2D eigenvalue weighted by molar-refractivity contribution is -0.120. The van der Waals surface area contributed by atoms with Gasteiger partial charge in [-0.1, -0.05) is 18.2 Å². The number of aromatic nitrogens is 2. The van der Waals surface area contributed by atoms with Crippen LogP contribution in [0.5, 0.6) is 0 Å². The second-order valence-corrected chi connectivity index (χ2v) is 7.62. The summed E-state index contributed by atoms with van der Waals surface area (Å²) in [5.74, 6) is 0.594. The van der Waals surface area contributed by atoms with Gasteiger partial charge in [0.15, 0.2) is 5.16 Å². The molecule has 3 N–H and O–H groups in total. The van der Waals surface area contributed by atoms with Crippen molar-refractivity contribution in [1.82, 2.24) is 15.3 Å². The molecule has 5 nitrogen and oxygen atoms in total. The van der Waals surface area contributed by atoms with Crippen LogP contribution in [0.25, 0.3) is 10.2 Å². The Kier molecular flexibility index (Phi) is 4.03. The molecule has 1 atom stereocenters. The number of hydrogen-bond acceptors (Lipinski definition) is 6. The topological polar surface area (TPSA) is 80.9 Å². The molecular weight excluding hydrogens is 304 g/mol. The van der Waals surface area contributed by atoms with Crippen molar-refractivity contribution in [2.24, 2.45) is 0 Å². The van der Waals surface area contributed by atoms with Gasteiger partial charge in [-0.3, -0.25) is 4.79 Å². The smallest absolute Gasteiger partial charge is 0.233 e. The summed E-state index contributed by atoms with van der Waals surface area (Å²) in [5, 5.41) is 4.37. The van der Waals surface area contributed by atoms with Gasteiger partial charge in [-0.2, -0.15) is 0 Å². The molecule has 1 saturated heterocycles. The molecule has 0 spiro atoms. The third-order valence-corrected chi connectivity index (χ3v) is 6.00. The zero-order chi connectivity index (χ0) is 15.0. The van der Waals surface area contributed by atoms with Crippen molar-refractivity contribution < 1.29 is 4.79 Å². The van der Waals surface area contributed by atoms with E-state index in [1.54, 1.807) is 11.3 Å². The van der Waals surface area contributed by atoms with Gasteiger partial charge < -0.3 is 11.1 Å². The highest BCUT2D eigenvalue weighted by atomic mass is 32.2. The monoisotopic (exact) mass is 322 g/mol. The van der Waals surface area contributed by atoms with Crippen LogP contribution in [0.2, 0.25) is 0 Å². The molecule has 0 radical (unpaired) electrons. The SMILES string of the molecule is Cc1sc2nc(SC3CCCCNC3=O)nc(N)c2c1C. The molecule has 0 aromatic carbocycles. The van der Waals surface area contributed by atoms with Gasteiger partial charge in [-0.25, -0.2) is 9.97 Å². The van der Waals surface area contributed by atoms with E-state index in [0.29, 0.717) is 11.0 Å². The quantitative estimate of drug-likeness (QED) is 0.831. The molecule has 7 heteroatoms. The second-order valence-electron chi connectivity index (χ2n) is 5.25. The van der Waals surface area contributed by atoms with Crippen LogP contribution < -0.4 is 11.1 Å². The molecule has 2 aromatic heterocycles. The van der Waals surface area contributed by atoms with Gasteiger partial charge in [0.25, 0.3) is 0 Å². The fourth-order valence-electron chi connectivity index (χ4n) is 2.46. The number of nitrogens with two attached hydrogens (primary N) is 1. The number of aryl methyl sites for hydroxylation is 2. The molecule has 1 amide bonds. The minimum absolute atomic E-state index is 0.0818. The number of thioether (sulfide) groups is 1. The largest absolute Gasteiger partial charge is 0.383 e. The third-order valence-electron chi connectivity index (χ3n) is 3.77. The minimum Gasteiger partial charge on any atom is -0.383 e. The Morgan fingerprint density at radius 1 is 1.33 bits per heavy atom. The Labute approximate surface area is 131 Å². The Hall–Kier alpha value is -1.34. The Morgan fingerprint density at radius 2 is 2.14 bits per heavy atom. The van der Waals surface area contributed by atoms with Gasteiger partial charge in [0.2, 0.25) is 5.91 Å². The standard InChI is InChI=1S/C14H18N4OS2/c1-7-8(2)20-13-10(7)11(15)17-14(18-13)21-9-5-3-4-6-16-12(9)19/h9H,3-6H2,1-2H3,(H,16,19)(H2,15,17,18). The lowest BCUT2D eigenvalue weighted by Gasteiger charge is -2.11. The lowest BCUT2D eigenvalue weighted by Crippen LogP contribution is -2.30. The number of hydrogen-bond donors (Lipinski definition) is 2. The number of fused-ring (bicyclic) bond motifs is 1. The molecule has 112 valence electrons. The number of nitrogens with zero attached hydrogens (tertiary/aromatic N) is 2. The number of carbonyl (C=O) groups is 1. The maximum atomic E-state index is 12.0. The van der Waals surface area contributed by atoms with E-state index in [1.165, 1.54) is 16.6 Å². The molecule has 21 heavy (non-hydrogen) atoms. The van der Waals surface area contributed by atoms with E-state index in [1.807, 2.05) is 6.92 Å². The van der Waals surface area contributed by atoms with Crippen molar-refractivity contribution >= 4 is 45.0 Å². The summed E-state index contributed by atoms with van der Waals surface area (Å²) >= 11 is 3.05. The summed E-state index contributed by atoms with van der Waals surface area (Å²) in [5.41, 5.74) is 7.23. The number of carbonyl (C=O) groups excluding carboxylic acids is 1. The van der Waals surface area contributed by atoms with Crippen LogP contribution in [-0.4, -0.2) is 27.7 Å². The number of rotatable bonds is 2. The predicted octanol–water partition coefficient (Wildman–Crippen LogP) is 2.65. The first-order valence-corrected chi connectivity index (χ1v) is 8.73. The van der Waals surface area contributed by atoms with E-state index < -0.39 is 0 Å². The van der Waals surface area contributed by atoms with E-state index in [2.05, 4.69) is 22.2 Å². The molecule has 3 rings (SSSR count). The van der Waals surface area contributed by atoms with Crippen molar-refractivity contribution in [3.8, 4) is 0 Å². The number of thiophene rings is 1. The van der Waals surface area contributed by atoms with Gasteiger partial charge >= 0.3 is 0 Å². The van der Waals surface area contributed by atoms with Crippen LogP contribution in [0.4, 0.5) is 5.82 Å². The van der Waals surface area contributed by atoms with Crippen molar-refractivity contribution in [3.63, 3.8) is 0 Å². The van der Waals surface area contributed by atoms with Crippen molar-refractivity contribution in [3.05, 3.63) is 10.4 Å². The van der Waals surface area contributed by atoms with Crippen LogP contribution >= 0.6 is 23.1 Å². The molecule has 0 aliphatic carbocycles. The first-order chi connectivity index (χ1) is 10.1. The van der Waals surface area contributed by atoms with E-state index in [9.17, 15) is 4.79 Å². The van der Waals surface area contributed by atoms with E-state index in [-0.39, 0.29) is 11.2 Å². The Balaban J connectivity index is 1.92. The molecule has 3 heterocycles. The summed E-state index contributed by atoms with van der Waals surface area (Å²) in [7, 11) is 0. The minimum atomic E-state index is -0.119. The summed E-state index contributed by atoms with van der Waals surface area (Å²) < 4.78 is 0. The summed E-state index contributed by atoms with van der Waals surface area (Å²) in [6.45, 7) is 4.87. The zero-order valence-electron chi connectivity index (χ0n) is 12.1. The van der Waals surface area contributed by atoms with Crippen molar-refractivity contribution in [2.45, 2.75) is 43.5 Å². The van der Waals surface area contributed by atoms with Crippen molar-refractivity contribution in [2.75, 3.05) is 12.3 Å². The highest BCUT2D eigenvalue weighted by molar-refractivity contribution is 8.00.